The van der Waals surface area contributed by atoms with Crippen LogP contribution < -0.4 is 15.4 Å². The van der Waals surface area contributed by atoms with Crippen LogP contribution in [0, 0.1) is 5.92 Å². The molecule has 1 atom stereocenters. The molecule has 1 aromatic heterocycles. The summed E-state index contributed by atoms with van der Waals surface area (Å²) in [4.78, 5) is 23.5. The summed E-state index contributed by atoms with van der Waals surface area (Å²) in [5, 5.41) is 13.3. The molecule has 0 saturated heterocycles. The lowest BCUT2D eigenvalue weighted by Crippen LogP contribution is -2.41. The molecule has 0 radical (unpaired) electrons. The van der Waals surface area contributed by atoms with Gasteiger partial charge < -0.3 is 14.6 Å². The van der Waals surface area contributed by atoms with E-state index >= 15 is 0 Å². The molecule has 0 aliphatic heterocycles. The Kier molecular flexibility index (Phi) is 8.31. The van der Waals surface area contributed by atoms with Gasteiger partial charge in [0.1, 0.15) is 12.4 Å². The highest BCUT2D eigenvalue weighted by atomic mass is 32.2. The number of para-hydroxylation sites is 1. The second kappa shape index (κ2) is 10.7. The molecular weight excluding hydrogens is 378 g/mol. The molecule has 2 N–H and O–H groups in total. The monoisotopic (exact) mass is 405 g/mol. The molecule has 0 bridgehead atoms. The predicted molar refractivity (Wildman–Crippen MR) is 108 cm³/mol. The summed E-state index contributed by atoms with van der Waals surface area (Å²) in [6.45, 7) is 7.04. The van der Waals surface area contributed by atoms with Crippen molar-refractivity contribution in [3.63, 3.8) is 0 Å². The van der Waals surface area contributed by atoms with Gasteiger partial charge in [0.05, 0.1) is 5.25 Å². The molecule has 0 fully saturated rings. The van der Waals surface area contributed by atoms with Gasteiger partial charge in [0, 0.05) is 13.6 Å². The van der Waals surface area contributed by atoms with E-state index in [2.05, 4.69) is 34.7 Å². The summed E-state index contributed by atoms with van der Waals surface area (Å²) in [6.07, 6.45) is 0.947. The van der Waals surface area contributed by atoms with Crippen molar-refractivity contribution >= 4 is 23.7 Å². The van der Waals surface area contributed by atoms with E-state index in [0.29, 0.717) is 16.9 Å². The maximum absolute atomic E-state index is 12.1. The lowest BCUT2D eigenvalue weighted by molar-refractivity contribution is -0.119. The van der Waals surface area contributed by atoms with Gasteiger partial charge in [-0.3, -0.25) is 10.1 Å². The number of carbonyl (C=O) groups is 2. The van der Waals surface area contributed by atoms with Crippen LogP contribution in [0.2, 0.25) is 0 Å². The van der Waals surface area contributed by atoms with Gasteiger partial charge in [-0.25, -0.2) is 4.79 Å². The SMILES string of the molecule is CNC(=O)NC(=O)[C@@H](C)Sc1nnc(COc2ccccc2)n1CCC(C)C. The van der Waals surface area contributed by atoms with Gasteiger partial charge in [0.2, 0.25) is 5.91 Å². The fourth-order valence-corrected chi connectivity index (χ4v) is 3.17. The summed E-state index contributed by atoms with van der Waals surface area (Å²) in [7, 11) is 1.46. The average Bonchev–Trinajstić information content (AvgIpc) is 3.06. The number of rotatable bonds is 9. The van der Waals surface area contributed by atoms with E-state index in [0.717, 1.165) is 18.7 Å². The Balaban J connectivity index is 2.10. The van der Waals surface area contributed by atoms with E-state index in [1.54, 1.807) is 6.92 Å². The maximum Gasteiger partial charge on any atom is 0.321 e. The molecule has 0 aliphatic rings. The fourth-order valence-electron chi connectivity index (χ4n) is 2.28. The minimum absolute atomic E-state index is 0.286. The van der Waals surface area contributed by atoms with E-state index in [-0.39, 0.29) is 12.5 Å². The number of urea groups is 1. The Morgan fingerprint density at radius 3 is 2.54 bits per heavy atom. The number of imide groups is 1. The van der Waals surface area contributed by atoms with Crippen LogP contribution in [0.3, 0.4) is 0 Å². The second-order valence-corrected chi connectivity index (χ2v) is 7.97. The minimum Gasteiger partial charge on any atom is -0.486 e. The molecule has 3 amide bonds. The second-order valence-electron chi connectivity index (χ2n) is 6.66. The van der Waals surface area contributed by atoms with Crippen LogP contribution in [0.5, 0.6) is 5.75 Å². The number of thioether (sulfide) groups is 1. The summed E-state index contributed by atoms with van der Waals surface area (Å²) in [5.74, 6) is 1.58. The van der Waals surface area contributed by atoms with Crippen LogP contribution in [0.1, 0.15) is 33.0 Å². The van der Waals surface area contributed by atoms with Crippen LogP contribution in [-0.4, -0.2) is 39.0 Å². The summed E-state index contributed by atoms with van der Waals surface area (Å²) < 4.78 is 7.79. The molecule has 0 unspecified atom stereocenters. The zero-order chi connectivity index (χ0) is 20.5. The molecule has 152 valence electrons. The predicted octanol–water partition coefficient (Wildman–Crippen LogP) is 2.84. The van der Waals surface area contributed by atoms with Gasteiger partial charge in [0.15, 0.2) is 11.0 Å². The van der Waals surface area contributed by atoms with Crippen LogP contribution in [0.25, 0.3) is 0 Å². The van der Waals surface area contributed by atoms with Crippen LogP contribution in [0.4, 0.5) is 4.79 Å². The number of nitrogens with one attached hydrogen (secondary N) is 2. The number of hydrogen-bond donors (Lipinski definition) is 2. The Hall–Kier alpha value is -2.55. The van der Waals surface area contributed by atoms with E-state index < -0.39 is 11.3 Å². The smallest absolute Gasteiger partial charge is 0.321 e. The zero-order valence-corrected chi connectivity index (χ0v) is 17.5. The highest BCUT2D eigenvalue weighted by Crippen LogP contribution is 2.24. The highest BCUT2D eigenvalue weighted by molar-refractivity contribution is 8.00. The molecule has 8 nitrogen and oxygen atoms in total. The molecule has 0 saturated carbocycles. The molecule has 0 spiro atoms. The Labute approximate surface area is 169 Å². The normalized spacial score (nSPS) is 11.9. The minimum atomic E-state index is -0.532. The van der Waals surface area contributed by atoms with E-state index in [4.69, 9.17) is 4.74 Å². The van der Waals surface area contributed by atoms with E-state index in [1.165, 1.54) is 18.8 Å². The number of amides is 3. The third-order valence-corrected chi connectivity index (χ3v) is 5.03. The van der Waals surface area contributed by atoms with Crippen LogP contribution >= 0.6 is 11.8 Å². The molecule has 1 heterocycles. The van der Waals surface area contributed by atoms with Gasteiger partial charge in [-0.15, -0.1) is 10.2 Å². The van der Waals surface area contributed by atoms with Crippen LogP contribution in [-0.2, 0) is 17.9 Å². The number of hydrogen-bond acceptors (Lipinski definition) is 6. The van der Waals surface area contributed by atoms with Crippen molar-refractivity contribution in [2.24, 2.45) is 5.92 Å². The van der Waals surface area contributed by atoms with Crippen molar-refractivity contribution in [3.8, 4) is 5.75 Å². The molecule has 1 aromatic carbocycles. The van der Waals surface area contributed by atoms with Crippen molar-refractivity contribution in [2.45, 2.75) is 50.8 Å². The summed E-state index contributed by atoms with van der Waals surface area (Å²) >= 11 is 1.27. The largest absolute Gasteiger partial charge is 0.486 e. The lowest BCUT2D eigenvalue weighted by Gasteiger charge is -2.14. The van der Waals surface area contributed by atoms with E-state index in [9.17, 15) is 9.59 Å². The Bertz CT molecular complexity index is 779. The number of benzene rings is 1. The lowest BCUT2D eigenvalue weighted by atomic mass is 10.1. The number of aromatic nitrogens is 3. The van der Waals surface area contributed by atoms with Gasteiger partial charge >= 0.3 is 6.03 Å². The summed E-state index contributed by atoms with van der Waals surface area (Å²) in [6, 6.07) is 8.99. The first-order valence-electron chi connectivity index (χ1n) is 9.19. The van der Waals surface area contributed by atoms with Gasteiger partial charge in [-0.2, -0.15) is 0 Å². The van der Waals surface area contributed by atoms with Crippen LogP contribution in [0.15, 0.2) is 35.5 Å². The fraction of sp³-hybridized carbons (Fsp3) is 0.474. The van der Waals surface area contributed by atoms with E-state index in [1.807, 2.05) is 34.9 Å². The molecule has 28 heavy (non-hydrogen) atoms. The first kappa shape index (κ1) is 21.7. The van der Waals surface area contributed by atoms with Crippen molar-refractivity contribution in [3.05, 3.63) is 36.2 Å². The average molecular weight is 406 g/mol. The first-order valence-corrected chi connectivity index (χ1v) is 10.1. The third-order valence-electron chi connectivity index (χ3n) is 3.95. The van der Waals surface area contributed by atoms with Crippen molar-refractivity contribution in [1.29, 1.82) is 0 Å². The van der Waals surface area contributed by atoms with Gasteiger partial charge in [-0.1, -0.05) is 43.8 Å². The van der Waals surface area contributed by atoms with Gasteiger partial charge in [-0.05, 0) is 31.4 Å². The quantitative estimate of drug-likeness (QED) is 0.623. The highest BCUT2D eigenvalue weighted by Gasteiger charge is 2.21. The van der Waals surface area contributed by atoms with Crippen molar-refractivity contribution < 1.29 is 14.3 Å². The number of ether oxygens (including phenoxy) is 1. The van der Waals surface area contributed by atoms with Crippen molar-refractivity contribution in [2.75, 3.05) is 7.05 Å². The molecule has 0 aliphatic carbocycles. The van der Waals surface area contributed by atoms with Crippen molar-refractivity contribution in [1.82, 2.24) is 25.4 Å². The maximum atomic E-state index is 12.1. The topological polar surface area (TPSA) is 98.1 Å². The molecule has 2 aromatic rings. The molecule has 2 rings (SSSR count). The standard InChI is InChI=1S/C19H27N5O3S/c1-13(2)10-11-24-16(12-27-15-8-6-5-7-9-15)22-23-19(24)28-14(3)17(25)21-18(26)20-4/h5-9,13-14H,10-12H2,1-4H3,(H2,20,21,25,26)/t14-/m1/s1. The Morgan fingerprint density at radius 1 is 1.18 bits per heavy atom. The Morgan fingerprint density at radius 2 is 1.89 bits per heavy atom. The molecule has 9 heteroatoms. The molecular formula is C19H27N5O3S. The third kappa shape index (κ3) is 6.56. The summed E-state index contributed by atoms with van der Waals surface area (Å²) in [5.41, 5.74) is 0. The number of carbonyl (C=O) groups excluding carboxylic acids is 2. The van der Waals surface area contributed by atoms with Gasteiger partial charge in [0.25, 0.3) is 0 Å². The first-order chi connectivity index (χ1) is 13.4. The number of nitrogens with zero attached hydrogens (tertiary/aromatic N) is 3. The zero-order valence-electron chi connectivity index (χ0n) is 16.6.